The van der Waals surface area contributed by atoms with Gasteiger partial charge >= 0.3 is 12.0 Å². The number of carbonyl (C=O) groups is 1. The molecule has 0 saturated heterocycles. The zero-order valence-electron chi connectivity index (χ0n) is 17.7. The predicted molar refractivity (Wildman–Crippen MR) is 115 cm³/mol. The van der Waals surface area contributed by atoms with Gasteiger partial charge in [0.1, 0.15) is 11.6 Å². The van der Waals surface area contributed by atoms with Gasteiger partial charge < -0.3 is 15.6 Å². The highest BCUT2D eigenvalue weighted by Crippen LogP contribution is 2.42. The van der Waals surface area contributed by atoms with Crippen molar-refractivity contribution >= 4 is 5.97 Å². The lowest BCUT2D eigenvalue weighted by Gasteiger charge is -2.34. The van der Waals surface area contributed by atoms with Gasteiger partial charge in [-0.15, -0.1) is 0 Å². The molecule has 3 aromatic rings. The molecule has 0 saturated carbocycles. The summed E-state index contributed by atoms with van der Waals surface area (Å²) in [5, 5.41) is 10.1. The normalized spacial score (nSPS) is 13.5. The van der Waals surface area contributed by atoms with Crippen molar-refractivity contribution < 1.29 is 19.0 Å². The summed E-state index contributed by atoms with van der Waals surface area (Å²) in [7, 11) is 0. The molecule has 2 unspecified atom stereocenters. The zero-order valence-corrected chi connectivity index (χ0v) is 17.7. The van der Waals surface area contributed by atoms with Gasteiger partial charge in [-0.25, -0.2) is 9.37 Å². The van der Waals surface area contributed by atoms with Crippen LogP contribution in [0.3, 0.4) is 0 Å². The lowest BCUT2D eigenvalue weighted by molar-refractivity contribution is -0.146. The van der Waals surface area contributed by atoms with E-state index in [1.165, 1.54) is 18.3 Å². The maximum absolute atomic E-state index is 13.5. The van der Waals surface area contributed by atoms with Crippen LogP contribution < -0.4 is 10.5 Å². The zero-order chi connectivity index (χ0) is 22.6. The maximum atomic E-state index is 13.5. The molecule has 2 aromatic carbocycles. The van der Waals surface area contributed by atoms with Crippen molar-refractivity contribution in [3.05, 3.63) is 83.4 Å². The third kappa shape index (κ3) is 5.44. The summed E-state index contributed by atoms with van der Waals surface area (Å²) in [4.78, 5) is 21.0. The molecule has 3 rings (SSSR count). The molecular formula is C24H26FN3O3. The Morgan fingerprint density at radius 3 is 2.29 bits per heavy atom. The third-order valence-corrected chi connectivity index (χ3v) is 5.10. The molecule has 0 spiro atoms. The van der Waals surface area contributed by atoms with E-state index in [0.717, 1.165) is 5.56 Å². The summed E-state index contributed by atoms with van der Waals surface area (Å²) >= 11 is 0. The molecule has 0 aliphatic rings. The molecule has 162 valence electrons. The third-order valence-electron chi connectivity index (χ3n) is 5.10. The molecule has 3 N–H and O–H groups in total. The van der Waals surface area contributed by atoms with Crippen LogP contribution in [0.25, 0.3) is 0 Å². The average molecular weight is 423 g/mol. The monoisotopic (exact) mass is 423 g/mol. The number of nitrogens with zero attached hydrogens (tertiary/aromatic N) is 2. The fourth-order valence-corrected chi connectivity index (χ4v) is 3.59. The number of carboxylic acid groups (broad SMARTS) is 1. The minimum absolute atomic E-state index is 0.100. The Morgan fingerprint density at radius 1 is 1.10 bits per heavy atom. The summed E-state index contributed by atoms with van der Waals surface area (Å²) < 4.78 is 19.3. The van der Waals surface area contributed by atoms with Gasteiger partial charge in [0.15, 0.2) is 0 Å². The van der Waals surface area contributed by atoms with E-state index in [9.17, 15) is 14.3 Å². The van der Waals surface area contributed by atoms with Gasteiger partial charge in [-0.1, -0.05) is 45.0 Å². The van der Waals surface area contributed by atoms with Gasteiger partial charge in [0.2, 0.25) is 0 Å². The number of hydrogen-bond donors (Lipinski definition) is 2. The van der Waals surface area contributed by atoms with Crippen molar-refractivity contribution in [1.29, 1.82) is 0 Å². The first-order valence-electron chi connectivity index (χ1n) is 9.97. The maximum Gasteiger partial charge on any atom is 0.322 e. The van der Waals surface area contributed by atoms with Gasteiger partial charge in [0, 0.05) is 18.7 Å². The van der Waals surface area contributed by atoms with Crippen LogP contribution in [0.15, 0.2) is 60.8 Å². The predicted octanol–water partition coefficient (Wildman–Crippen LogP) is 4.75. The van der Waals surface area contributed by atoms with Crippen LogP contribution in [0.1, 0.15) is 43.5 Å². The van der Waals surface area contributed by atoms with Crippen LogP contribution >= 0.6 is 0 Å². The van der Waals surface area contributed by atoms with E-state index in [2.05, 4.69) is 9.97 Å². The van der Waals surface area contributed by atoms with Crippen LogP contribution in [0.2, 0.25) is 0 Å². The molecule has 0 aliphatic carbocycles. The minimum Gasteiger partial charge on any atom is -0.481 e. The van der Waals surface area contributed by atoms with Crippen molar-refractivity contribution in [3.63, 3.8) is 0 Å². The fourth-order valence-electron chi connectivity index (χ4n) is 3.59. The Morgan fingerprint density at radius 2 is 1.74 bits per heavy atom. The van der Waals surface area contributed by atoms with Crippen molar-refractivity contribution in [1.82, 2.24) is 9.97 Å². The van der Waals surface area contributed by atoms with Gasteiger partial charge in [-0.05, 0) is 46.9 Å². The second-order valence-electron chi connectivity index (χ2n) is 8.43. The molecule has 6 nitrogen and oxygen atoms in total. The van der Waals surface area contributed by atoms with E-state index in [-0.39, 0.29) is 6.01 Å². The Kier molecular flexibility index (Phi) is 6.65. The van der Waals surface area contributed by atoms with Gasteiger partial charge in [0.25, 0.3) is 0 Å². The van der Waals surface area contributed by atoms with Crippen LogP contribution in [-0.2, 0) is 11.3 Å². The molecule has 31 heavy (non-hydrogen) atoms. The van der Waals surface area contributed by atoms with Gasteiger partial charge in [-0.3, -0.25) is 4.79 Å². The average Bonchev–Trinajstić information content (AvgIpc) is 2.72. The van der Waals surface area contributed by atoms with Crippen molar-refractivity contribution in [3.8, 4) is 11.8 Å². The summed E-state index contributed by atoms with van der Waals surface area (Å²) in [5.41, 5.74) is 7.14. The van der Waals surface area contributed by atoms with Crippen LogP contribution in [-0.4, -0.2) is 21.0 Å². The summed E-state index contributed by atoms with van der Waals surface area (Å²) in [6, 6.07) is 14.8. The second kappa shape index (κ2) is 9.22. The SMILES string of the molecule is CC(C)(C)C(C(=O)O)C(c1ccc(F)cc1)c1ccnc(Oc2ccc(CN)cc2)n1. The van der Waals surface area contributed by atoms with Gasteiger partial charge in [0.05, 0.1) is 11.6 Å². The Labute approximate surface area is 180 Å². The molecule has 7 heteroatoms. The highest BCUT2D eigenvalue weighted by Gasteiger charge is 2.40. The van der Waals surface area contributed by atoms with Crippen LogP contribution in [0, 0.1) is 17.2 Å². The molecule has 1 heterocycles. The van der Waals surface area contributed by atoms with Crippen LogP contribution in [0.4, 0.5) is 4.39 Å². The number of rotatable bonds is 7. The molecular weight excluding hydrogens is 397 g/mol. The highest BCUT2D eigenvalue weighted by molar-refractivity contribution is 5.73. The Hall–Kier alpha value is -3.32. The number of benzene rings is 2. The number of carboxylic acids is 1. The quantitative estimate of drug-likeness (QED) is 0.569. The first kappa shape index (κ1) is 22.4. The Bertz CT molecular complexity index is 1030. The number of halogens is 1. The van der Waals surface area contributed by atoms with E-state index in [1.54, 1.807) is 30.3 Å². The molecule has 0 fully saturated rings. The molecule has 0 aliphatic heterocycles. The lowest BCUT2D eigenvalue weighted by atomic mass is 9.69. The number of ether oxygens (including phenoxy) is 1. The molecule has 2 atom stereocenters. The first-order valence-corrected chi connectivity index (χ1v) is 9.97. The Balaban J connectivity index is 2.03. The largest absolute Gasteiger partial charge is 0.481 e. The molecule has 0 amide bonds. The molecule has 0 radical (unpaired) electrons. The topological polar surface area (TPSA) is 98.3 Å². The van der Waals surface area contributed by atoms with Crippen molar-refractivity contribution in [2.24, 2.45) is 17.1 Å². The number of hydrogen-bond acceptors (Lipinski definition) is 5. The van der Waals surface area contributed by atoms with E-state index < -0.39 is 29.0 Å². The highest BCUT2D eigenvalue weighted by atomic mass is 19.1. The number of nitrogens with two attached hydrogens (primary N) is 1. The smallest absolute Gasteiger partial charge is 0.322 e. The molecule has 1 aromatic heterocycles. The fraction of sp³-hybridized carbons (Fsp3) is 0.292. The summed E-state index contributed by atoms with van der Waals surface area (Å²) in [6.45, 7) is 6.01. The van der Waals surface area contributed by atoms with Gasteiger partial charge in [-0.2, -0.15) is 4.98 Å². The van der Waals surface area contributed by atoms with E-state index in [0.29, 0.717) is 23.6 Å². The minimum atomic E-state index is -0.958. The van der Waals surface area contributed by atoms with Crippen LogP contribution in [0.5, 0.6) is 11.8 Å². The summed E-state index contributed by atoms with van der Waals surface area (Å²) in [6.07, 6.45) is 1.53. The van der Waals surface area contributed by atoms with E-state index in [1.807, 2.05) is 32.9 Å². The number of aromatic nitrogens is 2. The van der Waals surface area contributed by atoms with E-state index >= 15 is 0 Å². The summed E-state index contributed by atoms with van der Waals surface area (Å²) in [5.74, 6) is -2.25. The number of aliphatic carboxylic acids is 1. The van der Waals surface area contributed by atoms with E-state index in [4.69, 9.17) is 10.5 Å². The van der Waals surface area contributed by atoms with Crippen molar-refractivity contribution in [2.45, 2.75) is 33.2 Å². The standard InChI is InChI=1S/C24H26FN3O3/c1-24(2,3)21(22(29)30)20(16-6-8-17(25)9-7-16)19-12-13-27-23(28-19)31-18-10-4-15(14-26)5-11-18/h4-13,20-21H,14,26H2,1-3H3,(H,29,30). The van der Waals surface area contributed by atoms with Crippen molar-refractivity contribution in [2.75, 3.05) is 0 Å². The first-order chi connectivity index (χ1) is 14.7. The second-order valence-corrected chi connectivity index (χ2v) is 8.43. The lowest BCUT2D eigenvalue weighted by Crippen LogP contribution is -2.35. The molecule has 0 bridgehead atoms.